The van der Waals surface area contributed by atoms with Gasteiger partial charge in [0.2, 0.25) is 11.9 Å². The third-order valence-electron chi connectivity index (χ3n) is 6.34. The molecule has 0 unspecified atom stereocenters. The Hall–Kier alpha value is -4.17. The first-order valence-electron chi connectivity index (χ1n) is 12.2. The summed E-state index contributed by atoms with van der Waals surface area (Å²) in [6.07, 6.45) is 3.86. The van der Waals surface area contributed by atoms with Gasteiger partial charge in [-0.3, -0.25) is 19.5 Å². The van der Waals surface area contributed by atoms with Crippen LogP contribution in [0.25, 0.3) is 16.9 Å². The van der Waals surface area contributed by atoms with Crippen molar-refractivity contribution in [2.45, 2.75) is 12.8 Å². The van der Waals surface area contributed by atoms with Crippen molar-refractivity contribution in [1.29, 1.82) is 0 Å². The molecule has 5 rings (SSSR count). The normalized spacial score (nSPS) is 12.7. The van der Waals surface area contributed by atoms with Crippen molar-refractivity contribution in [2.24, 2.45) is 5.92 Å². The van der Waals surface area contributed by atoms with E-state index in [9.17, 15) is 14.0 Å². The van der Waals surface area contributed by atoms with Crippen LogP contribution >= 0.6 is 11.6 Å². The van der Waals surface area contributed by atoms with E-state index in [4.69, 9.17) is 16.3 Å². The molecule has 4 aromatic rings. The molecular formula is C29H26ClFN4O3. The molecule has 0 bridgehead atoms. The van der Waals surface area contributed by atoms with Crippen molar-refractivity contribution in [3.05, 3.63) is 95.4 Å². The highest BCUT2D eigenvalue weighted by Gasteiger charge is 2.29. The number of rotatable bonds is 9. The molecule has 0 atom stereocenters. The van der Waals surface area contributed by atoms with Gasteiger partial charge in [-0.1, -0.05) is 23.7 Å². The molecule has 1 saturated carbocycles. The largest absolute Gasteiger partial charge is 0.497 e. The van der Waals surface area contributed by atoms with Crippen LogP contribution < -0.4 is 10.1 Å². The lowest BCUT2D eigenvalue weighted by Crippen LogP contribution is -2.39. The number of anilines is 1. The molecule has 1 fully saturated rings. The number of benzene rings is 3. The molecule has 38 heavy (non-hydrogen) atoms. The Morgan fingerprint density at radius 3 is 2.37 bits per heavy atom. The number of amides is 2. The Morgan fingerprint density at radius 2 is 1.74 bits per heavy atom. The molecule has 0 saturated heterocycles. The molecule has 0 radical (unpaired) electrons. The summed E-state index contributed by atoms with van der Waals surface area (Å²) in [7, 11) is 1.59. The van der Waals surface area contributed by atoms with Crippen LogP contribution in [0, 0.1) is 11.7 Å². The molecule has 194 valence electrons. The van der Waals surface area contributed by atoms with E-state index in [0.29, 0.717) is 40.4 Å². The number of nitrogens with one attached hydrogen (secondary N) is 1. The highest BCUT2D eigenvalue weighted by Crippen LogP contribution is 2.30. The van der Waals surface area contributed by atoms with Crippen molar-refractivity contribution in [2.75, 3.05) is 25.5 Å². The van der Waals surface area contributed by atoms with E-state index >= 15 is 0 Å². The maximum absolute atomic E-state index is 13.4. The molecule has 1 aromatic heterocycles. The molecule has 0 aliphatic heterocycles. The zero-order valence-corrected chi connectivity index (χ0v) is 21.5. The number of hydrogen-bond acceptors (Lipinski definition) is 4. The van der Waals surface area contributed by atoms with Gasteiger partial charge in [0.05, 0.1) is 12.8 Å². The molecule has 1 aliphatic carbocycles. The first kappa shape index (κ1) is 25.5. The fraction of sp³-hybridized carbons (Fsp3) is 0.207. The lowest BCUT2D eigenvalue weighted by molar-refractivity contribution is -0.117. The Labute approximate surface area is 224 Å². The average molecular weight is 533 g/mol. The molecule has 1 aliphatic rings. The number of hydrogen-bond donors (Lipinski definition) is 1. The maximum atomic E-state index is 13.4. The summed E-state index contributed by atoms with van der Waals surface area (Å²) in [5.74, 6) is 0.259. The van der Waals surface area contributed by atoms with Crippen LogP contribution in [0.4, 0.5) is 10.3 Å². The highest BCUT2D eigenvalue weighted by atomic mass is 35.5. The predicted octanol–water partition coefficient (Wildman–Crippen LogP) is 5.83. The molecule has 0 spiro atoms. The molecule has 3 aromatic carbocycles. The lowest BCUT2D eigenvalue weighted by atomic mass is 10.2. The quantitative estimate of drug-likeness (QED) is 0.294. The summed E-state index contributed by atoms with van der Waals surface area (Å²) in [6.45, 7) is 0.311. The Kier molecular flexibility index (Phi) is 7.42. The van der Waals surface area contributed by atoms with E-state index in [1.165, 1.54) is 29.2 Å². The summed E-state index contributed by atoms with van der Waals surface area (Å²) in [6, 6.07) is 20.0. The minimum atomic E-state index is -0.421. The van der Waals surface area contributed by atoms with Crippen molar-refractivity contribution in [3.63, 3.8) is 0 Å². The van der Waals surface area contributed by atoms with Gasteiger partial charge in [-0.25, -0.2) is 9.37 Å². The van der Waals surface area contributed by atoms with E-state index in [-0.39, 0.29) is 18.4 Å². The van der Waals surface area contributed by atoms with Gasteiger partial charge in [-0.2, -0.15) is 0 Å². The highest BCUT2D eigenvalue weighted by molar-refractivity contribution is 6.30. The third kappa shape index (κ3) is 6.03. The van der Waals surface area contributed by atoms with Crippen LogP contribution in [0.1, 0.15) is 23.2 Å². The number of carbonyl (C=O) groups is 2. The van der Waals surface area contributed by atoms with E-state index in [0.717, 1.165) is 24.1 Å². The van der Waals surface area contributed by atoms with Crippen molar-refractivity contribution < 1.29 is 18.7 Å². The van der Waals surface area contributed by atoms with E-state index in [2.05, 4.69) is 10.3 Å². The maximum Gasteiger partial charge on any atom is 0.254 e. The number of aromatic nitrogens is 2. The summed E-state index contributed by atoms with van der Waals surface area (Å²) in [5.41, 5.74) is 2.58. The van der Waals surface area contributed by atoms with Gasteiger partial charge in [0.15, 0.2) is 0 Å². The van der Waals surface area contributed by atoms with Gasteiger partial charge >= 0.3 is 0 Å². The van der Waals surface area contributed by atoms with E-state index < -0.39 is 5.82 Å². The number of halogens is 2. The third-order valence-corrected chi connectivity index (χ3v) is 6.59. The van der Waals surface area contributed by atoms with Crippen LogP contribution in [0.15, 0.2) is 79.0 Å². The first-order chi connectivity index (χ1) is 18.4. The second kappa shape index (κ2) is 11.1. The van der Waals surface area contributed by atoms with Crippen LogP contribution in [0.5, 0.6) is 5.75 Å². The lowest BCUT2D eigenvalue weighted by Gasteiger charge is -2.22. The molecule has 2 amide bonds. The SMILES string of the molecule is COc1ccc(-n2cc(-c3ccc(Cl)cc3)nc2NC(=O)CN(CC2CC2)C(=O)c2ccc(F)cc2)cc1. The molecule has 1 N–H and O–H groups in total. The Balaban J connectivity index is 1.41. The number of methoxy groups -OCH3 is 1. The van der Waals surface area contributed by atoms with Crippen LogP contribution in [0.3, 0.4) is 0 Å². The number of ether oxygens (including phenoxy) is 1. The van der Waals surface area contributed by atoms with Gasteiger partial charge in [-0.15, -0.1) is 0 Å². The van der Waals surface area contributed by atoms with Crippen molar-refractivity contribution in [1.82, 2.24) is 14.5 Å². The summed E-state index contributed by atoms with van der Waals surface area (Å²) < 4.78 is 20.4. The minimum Gasteiger partial charge on any atom is -0.497 e. The standard InChI is InChI=1S/C29H26ClFN4O3/c1-38-25-14-12-24(13-15-25)35-17-26(20-4-8-22(30)9-5-20)32-29(35)33-27(36)18-34(16-19-2-3-19)28(37)21-6-10-23(31)11-7-21/h4-15,17,19H,2-3,16,18H2,1H3,(H,32,33,36). The van der Waals surface area contributed by atoms with Crippen molar-refractivity contribution >= 4 is 29.4 Å². The van der Waals surface area contributed by atoms with Gasteiger partial charge in [-0.05, 0) is 79.4 Å². The Morgan fingerprint density at radius 1 is 1.05 bits per heavy atom. The van der Waals surface area contributed by atoms with E-state index in [1.807, 2.05) is 42.6 Å². The zero-order valence-electron chi connectivity index (χ0n) is 20.7. The average Bonchev–Trinajstić information content (AvgIpc) is 3.66. The molecule has 1 heterocycles. The van der Waals surface area contributed by atoms with Gasteiger partial charge in [0, 0.05) is 34.6 Å². The monoisotopic (exact) mass is 532 g/mol. The van der Waals surface area contributed by atoms with Crippen molar-refractivity contribution in [3.8, 4) is 22.7 Å². The molecule has 7 nitrogen and oxygen atoms in total. The minimum absolute atomic E-state index is 0.154. The second-order valence-electron chi connectivity index (χ2n) is 9.21. The topological polar surface area (TPSA) is 76.5 Å². The van der Waals surface area contributed by atoms with Gasteiger partial charge in [0.1, 0.15) is 18.1 Å². The fourth-order valence-electron chi connectivity index (χ4n) is 4.11. The zero-order chi connectivity index (χ0) is 26.6. The summed E-state index contributed by atoms with van der Waals surface area (Å²) in [4.78, 5) is 32.6. The Bertz CT molecular complexity index is 1430. The predicted molar refractivity (Wildman–Crippen MR) is 144 cm³/mol. The summed E-state index contributed by atoms with van der Waals surface area (Å²) >= 11 is 6.05. The van der Waals surface area contributed by atoms with Gasteiger partial charge < -0.3 is 9.64 Å². The number of imidazole rings is 1. The van der Waals surface area contributed by atoms with E-state index in [1.54, 1.807) is 23.8 Å². The van der Waals surface area contributed by atoms with Crippen LogP contribution in [-0.2, 0) is 4.79 Å². The fourth-order valence-corrected chi connectivity index (χ4v) is 4.24. The number of carbonyl (C=O) groups excluding carboxylic acids is 2. The van der Waals surface area contributed by atoms with Gasteiger partial charge in [0.25, 0.3) is 5.91 Å². The molecular weight excluding hydrogens is 507 g/mol. The number of nitrogens with zero attached hydrogens (tertiary/aromatic N) is 3. The van der Waals surface area contributed by atoms with Crippen LogP contribution in [-0.4, -0.2) is 46.5 Å². The smallest absolute Gasteiger partial charge is 0.254 e. The summed E-state index contributed by atoms with van der Waals surface area (Å²) in [5, 5.41) is 3.49. The van der Waals surface area contributed by atoms with Crippen LogP contribution in [0.2, 0.25) is 5.02 Å². The first-order valence-corrected chi connectivity index (χ1v) is 12.6. The molecule has 9 heteroatoms. The second-order valence-corrected chi connectivity index (χ2v) is 9.65.